The minimum absolute atomic E-state index is 0.00406. The van der Waals surface area contributed by atoms with Gasteiger partial charge in [0, 0.05) is 18.6 Å². The normalized spacial score (nSPS) is 20.2. The SMILES string of the molecule is CC(C)(C)NS(=O)(=O)N1CCC(OCCO)CC1. The van der Waals surface area contributed by atoms with E-state index in [9.17, 15) is 8.42 Å². The van der Waals surface area contributed by atoms with Crippen LogP contribution in [0.1, 0.15) is 33.6 Å². The molecule has 1 aliphatic heterocycles. The highest BCUT2D eigenvalue weighted by molar-refractivity contribution is 7.87. The number of rotatable bonds is 5. The van der Waals surface area contributed by atoms with Gasteiger partial charge in [0.1, 0.15) is 0 Å². The molecule has 7 heteroatoms. The fourth-order valence-electron chi connectivity index (χ4n) is 1.91. The van der Waals surface area contributed by atoms with Crippen LogP contribution in [0.15, 0.2) is 0 Å². The molecular formula is C11H24N2O4S. The summed E-state index contributed by atoms with van der Waals surface area (Å²) in [7, 11) is -3.41. The van der Waals surface area contributed by atoms with Gasteiger partial charge in [-0.05, 0) is 33.6 Å². The van der Waals surface area contributed by atoms with Gasteiger partial charge in [0.15, 0.2) is 0 Å². The largest absolute Gasteiger partial charge is 0.394 e. The van der Waals surface area contributed by atoms with Crippen LogP contribution in [0.5, 0.6) is 0 Å². The van der Waals surface area contributed by atoms with Crippen LogP contribution in [0.2, 0.25) is 0 Å². The first-order valence-corrected chi connectivity index (χ1v) is 7.70. The molecule has 1 aliphatic rings. The van der Waals surface area contributed by atoms with Crippen molar-refractivity contribution in [3.05, 3.63) is 0 Å². The summed E-state index contributed by atoms with van der Waals surface area (Å²) >= 11 is 0. The monoisotopic (exact) mass is 280 g/mol. The molecule has 0 spiro atoms. The second-order valence-electron chi connectivity index (χ2n) is 5.55. The van der Waals surface area contributed by atoms with Gasteiger partial charge < -0.3 is 9.84 Å². The molecule has 0 unspecified atom stereocenters. The highest BCUT2D eigenvalue weighted by atomic mass is 32.2. The maximum atomic E-state index is 12.1. The number of nitrogens with zero attached hydrogens (tertiary/aromatic N) is 1. The molecule has 0 radical (unpaired) electrons. The minimum atomic E-state index is -3.41. The Labute approximate surface area is 109 Å². The van der Waals surface area contributed by atoms with Crippen molar-refractivity contribution in [1.82, 2.24) is 9.03 Å². The lowest BCUT2D eigenvalue weighted by molar-refractivity contribution is 0.00299. The Kier molecular flexibility index (Phi) is 5.54. The lowest BCUT2D eigenvalue weighted by Crippen LogP contribution is -2.51. The van der Waals surface area contributed by atoms with Gasteiger partial charge >= 0.3 is 0 Å². The molecule has 1 heterocycles. The Morgan fingerprint density at radius 3 is 2.33 bits per heavy atom. The third-order valence-corrected chi connectivity index (χ3v) is 4.54. The molecule has 0 aliphatic carbocycles. The van der Waals surface area contributed by atoms with E-state index in [4.69, 9.17) is 9.84 Å². The highest BCUT2D eigenvalue weighted by Gasteiger charge is 2.30. The molecule has 1 rings (SSSR count). The van der Waals surface area contributed by atoms with E-state index in [2.05, 4.69) is 4.72 Å². The molecule has 0 aromatic carbocycles. The van der Waals surface area contributed by atoms with Gasteiger partial charge in [-0.15, -0.1) is 0 Å². The Morgan fingerprint density at radius 2 is 1.89 bits per heavy atom. The van der Waals surface area contributed by atoms with E-state index >= 15 is 0 Å². The van der Waals surface area contributed by atoms with Gasteiger partial charge in [0.25, 0.3) is 10.2 Å². The summed E-state index contributed by atoms with van der Waals surface area (Å²) in [5.41, 5.74) is -0.469. The maximum absolute atomic E-state index is 12.1. The third-order valence-electron chi connectivity index (χ3n) is 2.62. The van der Waals surface area contributed by atoms with Gasteiger partial charge in [0.05, 0.1) is 19.3 Å². The number of aliphatic hydroxyl groups excluding tert-OH is 1. The van der Waals surface area contributed by atoms with Crippen molar-refractivity contribution in [1.29, 1.82) is 0 Å². The van der Waals surface area contributed by atoms with Crippen LogP contribution >= 0.6 is 0 Å². The van der Waals surface area contributed by atoms with E-state index in [1.807, 2.05) is 20.8 Å². The Balaban J connectivity index is 2.47. The summed E-state index contributed by atoms with van der Waals surface area (Å²) in [5.74, 6) is 0. The van der Waals surface area contributed by atoms with E-state index in [-0.39, 0.29) is 12.7 Å². The molecule has 0 bridgehead atoms. The Bertz CT molecular complexity index is 343. The number of aliphatic hydroxyl groups is 1. The summed E-state index contributed by atoms with van der Waals surface area (Å²) < 4.78 is 33.6. The molecule has 1 saturated heterocycles. The van der Waals surface area contributed by atoms with E-state index < -0.39 is 15.7 Å². The zero-order chi connectivity index (χ0) is 13.8. The molecule has 0 atom stereocenters. The second kappa shape index (κ2) is 6.29. The average Bonchev–Trinajstić information content (AvgIpc) is 2.23. The van der Waals surface area contributed by atoms with Crippen molar-refractivity contribution in [2.24, 2.45) is 0 Å². The molecule has 0 aromatic heterocycles. The van der Waals surface area contributed by atoms with E-state index in [0.29, 0.717) is 32.5 Å². The van der Waals surface area contributed by atoms with E-state index in [1.54, 1.807) is 0 Å². The predicted molar refractivity (Wildman–Crippen MR) is 69.4 cm³/mol. The fraction of sp³-hybridized carbons (Fsp3) is 1.00. The molecule has 2 N–H and O–H groups in total. The van der Waals surface area contributed by atoms with Crippen LogP contribution in [-0.2, 0) is 14.9 Å². The topological polar surface area (TPSA) is 78.9 Å². The smallest absolute Gasteiger partial charge is 0.279 e. The summed E-state index contributed by atoms with van der Waals surface area (Å²) in [5, 5.41) is 8.66. The van der Waals surface area contributed by atoms with Gasteiger partial charge in [-0.2, -0.15) is 17.4 Å². The first-order valence-electron chi connectivity index (χ1n) is 6.26. The predicted octanol–water partition coefficient (Wildman–Crippen LogP) is 0.0926. The summed E-state index contributed by atoms with van der Waals surface area (Å²) in [6.45, 7) is 6.70. The molecule has 0 amide bonds. The van der Waals surface area contributed by atoms with Gasteiger partial charge in [-0.3, -0.25) is 0 Å². The van der Waals surface area contributed by atoms with Crippen molar-refractivity contribution < 1.29 is 18.3 Å². The van der Waals surface area contributed by atoms with Gasteiger partial charge in [-0.25, -0.2) is 0 Å². The molecule has 18 heavy (non-hydrogen) atoms. The number of hydrogen-bond donors (Lipinski definition) is 2. The second-order valence-corrected chi connectivity index (χ2v) is 7.22. The average molecular weight is 280 g/mol. The lowest BCUT2D eigenvalue weighted by atomic mass is 10.1. The molecular weight excluding hydrogens is 256 g/mol. The van der Waals surface area contributed by atoms with Crippen LogP contribution in [0.4, 0.5) is 0 Å². The summed E-state index contributed by atoms with van der Waals surface area (Å²) in [6, 6.07) is 0. The molecule has 6 nitrogen and oxygen atoms in total. The quantitative estimate of drug-likeness (QED) is 0.748. The van der Waals surface area contributed by atoms with E-state index in [1.165, 1.54) is 4.31 Å². The first-order chi connectivity index (χ1) is 8.24. The van der Waals surface area contributed by atoms with Crippen molar-refractivity contribution in [2.45, 2.75) is 45.3 Å². The fourth-order valence-corrected chi connectivity index (χ4v) is 3.50. The number of hydrogen-bond acceptors (Lipinski definition) is 4. The molecule has 0 saturated carbocycles. The van der Waals surface area contributed by atoms with Gasteiger partial charge in [0.2, 0.25) is 0 Å². The lowest BCUT2D eigenvalue weighted by Gasteiger charge is -2.33. The van der Waals surface area contributed by atoms with Crippen LogP contribution < -0.4 is 4.72 Å². The Morgan fingerprint density at radius 1 is 1.33 bits per heavy atom. The molecule has 0 aromatic rings. The summed E-state index contributed by atoms with van der Waals surface area (Å²) in [6.07, 6.45) is 1.40. The standard InChI is InChI=1S/C11H24N2O4S/c1-11(2,3)12-18(15,16)13-6-4-10(5-7-13)17-9-8-14/h10,12,14H,4-9H2,1-3H3. The molecule has 108 valence electrons. The van der Waals surface area contributed by atoms with Crippen LogP contribution in [0, 0.1) is 0 Å². The minimum Gasteiger partial charge on any atom is -0.394 e. The van der Waals surface area contributed by atoms with Crippen molar-refractivity contribution >= 4 is 10.2 Å². The zero-order valence-electron chi connectivity index (χ0n) is 11.3. The van der Waals surface area contributed by atoms with Crippen molar-refractivity contribution in [3.8, 4) is 0 Å². The maximum Gasteiger partial charge on any atom is 0.279 e. The van der Waals surface area contributed by atoms with Crippen molar-refractivity contribution in [3.63, 3.8) is 0 Å². The number of piperidine rings is 1. The Hall–Kier alpha value is -0.210. The summed E-state index contributed by atoms with van der Waals surface area (Å²) in [4.78, 5) is 0. The first kappa shape index (κ1) is 15.8. The third kappa shape index (κ3) is 5.19. The zero-order valence-corrected chi connectivity index (χ0v) is 12.2. The van der Waals surface area contributed by atoms with Gasteiger partial charge in [-0.1, -0.05) is 0 Å². The molecule has 1 fully saturated rings. The van der Waals surface area contributed by atoms with Crippen LogP contribution in [-0.4, -0.2) is 55.8 Å². The van der Waals surface area contributed by atoms with Crippen LogP contribution in [0.25, 0.3) is 0 Å². The van der Waals surface area contributed by atoms with Crippen molar-refractivity contribution in [2.75, 3.05) is 26.3 Å². The van der Waals surface area contributed by atoms with Crippen LogP contribution in [0.3, 0.4) is 0 Å². The highest BCUT2D eigenvalue weighted by Crippen LogP contribution is 2.17. The number of nitrogens with one attached hydrogen (secondary N) is 1. The number of ether oxygens (including phenoxy) is 1. The van der Waals surface area contributed by atoms with E-state index in [0.717, 1.165) is 0 Å².